The Morgan fingerprint density at radius 1 is 0.783 bits per heavy atom. The molecule has 112 valence electrons. The molecule has 0 saturated heterocycles. The van der Waals surface area contributed by atoms with Crippen molar-refractivity contribution < 1.29 is 0 Å². The van der Waals surface area contributed by atoms with Crippen LogP contribution in [0.2, 0.25) is 5.02 Å². The molecule has 2 aromatic carbocycles. The highest BCUT2D eigenvalue weighted by molar-refractivity contribution is 6.30. The van der Waals surface area contributed by atoms with Crippen LogP contribution in [0.3, 0.4) is 0 Å². The fraction of sp³-hybridized carbons (Fsp3) is 0. The van der Waals surface area contributed by atoms with Crippen LogP contribution in [0.4, 0.5) is 0 Å². The Morgan fingerprint density at radius 3 is 2.09 bits per heavy atom. The van der Waals surface area contributed by atoms with E-state index in [-0.39, 0.29) is 5.56 Å². The molecule has 0 spiro atoms. The standard InChI is InChI=1S/C17H11ClN4O/c18-12-6-8-14(9-7-12)22-11-20-16-15(17(22)23)21(10-19-16)13-4-2-1-3-5-13/h1-11H. The molecule has 5 nitrogen and oxygen atoms in total. The maximum absolute atomic E-state index is 12.9. The monoisotopic (exact) mass is 322 g/mol. The fourth-order valence-corrected chi connectivity index (χ4v) is 2.61. The normalized spacial score (nSPS) is 11.0. The molecule has 0 amide bonds. The van der Waals surface area contributed by atoms with Gasteiger partial charge in [0.25, 0.3) is 5.56 Å². The maximum atomic E-state index is 12.9. The van der Waals surface area contributed by atoms with Gasteiger partial charge in [-0.25, -0.2) is 9.97 Å². The number of aromatic nitrogens is 4. The van der Waals surface area contributed by atoms with Gasteiger partial charge in [0.15, 0.2) is 11.2 Å². The molecular formula is C17H11ClN4O. The molecule has 2 heterocycles. The van der Waals surface area contributed by atoms with Gasteiger partial charge in [0.1, 0.15) is 12.7 Å². The number of benzene rings is 2. The molecule has 0 saturated carbocycles. The van der Waals surface area contributed by atoms with E-state index in [4.69, 9.17) is 11.6 Å². The minimum absolute atomic E-state index is 0.182. The third-order valence-electron chi connectivity index (χ3n) is 3.60. The first-order valence-corrected chi connectivity index (χ1v) is 7.38. The van der Waals surface area contributed by atoms with E-state index in [9.17, 15) is 4.79 Å². The van der Waals surface area contributed by atoms with E-state index < -0.39 is 0 Å². The third-order valence-corrected chi connectivity index (χ3v) is 3.86. The molecule has 0 radical (unpaired) electrons. The predicted octanol–water partition coefficient (Wildman–Crippen LogP) is 3.22. The second-order valence-corrected chi connectivity index (χ2v) is 5.45. The lowest BCUT2D eigenvalue weighted by atomic mass is 10.3. The molecule has 0 N–H and O–H groups in total. The number of halogens is 1. The summed E-state index contributed by atoms with van der Waals surface area (Å²) in [4.78, 5) is 21.4. The summed E-state index contributed by atoms with van der Waals surface area (Å²) in [7, 11) is 0. The van der Waals surface area contributed by atoms with Crippen molar-refractivity contribution in [1.82, 2.24) is 19.1 Å². The predicted molar refractivity (Wildman–Crippen MR) is 89.5 cm³/mol. The first-order valence-electron chi connectivity index (χ1n) is 7.00. The molecule has 2 aromatic heterocycles. The quantitative estimate of drug-likeness (QED) is 0.569. The topological polar surface area (TPSA) is 52.7 Å². The van der Waals surface area contributed by atoms with E-state index in [2.05, 4.69) is 9.97 Å². The lowest BCUT2D eigenvalue weighted by Gasteiger charge is -2.07. The number of hydrogen-bond donors (Lipinski definition) is 0. The minimum atomic E-state index is -0.182. The Hall–Kier alpha value is -2.92. The fourth-order valence-electron chi connectivity index (χ4n) is 2.48. The van der Waals surface area contributed by atoms with Gasteiger partial charge in [-0.3, -0.25) is 13.9 Å². The highest BCUT2D eigenvalue weighted by Crippen LogP contribution is 2.15. The van der Waals surface area contributed by atoms with Gasteiger partial charge >= 0.3 is 0 Å². The van der Waals surface area contributed by atoms with Gasteiger partial charge in [-0.05, 0) is 36.4 Å². The van der Waals surface area contributed by atoms with Crippen LogP contribution in [0, 0.1) is 0 Å². The Morgan fingerprint density at radius 2 is 1.39 bits per heavy atom. The molecule has 4 rings (SSSR count). The molecule has 0 aliphatic rings. The highest BCUT2D eigenvalue weighted by Gasteiger charge is 2.12. The van der Waals surface area contributed by atoms with E-state index in [0.717, 1.165) is 5.69 Å². The number of para-hydroxylation sites is 1. The molecule has 0 fully saturated rings. The molecule has 0 bridgehead atoms. The zero-order valence-electron chi connectivity index (χ0n) is 11.9. The van der Waals surface area contributed by atoms with E-state index in [1.54, 1.807) is 35.2 Å². The number of hydrogen-bond acceptors (Lipinski definition) is 3. The largest absolute Gasteiger partial charge is 0.293 e. The van der Waals surface area contributed by atoms with E-state index >= 15 is 0 Å². The van der Waals surface area contributed by atoms with Gasteiger partial charge in [-0.1, -0.05) is 29.8 Å². The van der Waals surface area contributed by atoms with Gasteiger partial charge in [-0.2, -0.15) is 0 Å². The summed E-state index contributed by atoms with van der Waals surface area (Å²) >= 11 is 5.90. The molecule has 23 heavy (non-hydrogen) atoms. The van der Waals surface area contributed by atoms with Gasteiger partial charge in [0, 0.05) is 10.7 Å². The molecule has 4 aromatic rings. The average Bonchev–Trinajstić information content (AvgIpc) is 3.02. The van der Waals surface area contributed by atoms with Crippen LogP contribution >= 0.6 is 11.6 Å². The van der Waals surface area contributed by atoms with E-state index in [1.165, 1.54) is 10.9 Å². The van der Waals surface area contributed by atoms with Crippen molar-refractivity contribution in [1.29, 1.82) is 0 Å². The van der Waals surface area contributed by atoms with Gasteiger partial charge in [0.2, 0.25) is 0 Å². The molecule has 0 atom stereocenters. The first-order chi connectivity index (χ1) is 11.2. The summed E-state index contributed by atoms with van der Waals surface area (Å²) in [6.45, 7) is 0. The molecular weight excluding hydrogens is 312 g/mol. The number of fused-ring (bicyclic) bond motifs is 1. The zero-order chi connectivity index (χ0) is 15.8. The van der Waals surface area contributed by atoms with Crippen molar-refractivity contribution >= 4 is 22.8 Å². The van der Waals surface area contributed by atoms with Crippen LogP contribution in [0.15, 0.2) is 72.0 Å². The van der Waals surface area contributed by atoms with Crippen LogP contribution in [0.25, 0.3) is 22.5 Å². The van der Waals surface area contributed by atoms with Crippen molar-refractivity contribution in [3.05, 3.63) is 82.6 Å². The van der Waals surface area contributed by atoms with E-state index in [0.29, 0.717) is 21.9 Å². The summed E-state index contributed by atoms with van der Waals surface area (Å²) in [5.74, 6) is 0. The molecule has 0 unspecified atom stereocenters. The smallest absolute Gasteiger partial charge is 0.284 e. The van der Waals surface area contributed by atoms with Crippen molar-refractivity contribution in [2.24, 2.45) is 0 Å². The van der Waals surface area contributed by atoms with Crippen molar-refractivity contribution in [3.8, 4) is 11.4 Å². The lowest BCUT2D eigenvalue weighted by molar-refractivity contribution is 0.947. The van der Waals surface area contributed by atoms with Crippen LogP contribution in [0.5, 0.6) is 0 Å². The molecule has 6 heteroatoms. The Labute approximate surface area is 136 Å². The average molecular weight is 323 g/mol. The van der Waals surface area contributed by atoms with Crippen LogP contribution in [-0.4, -0.2) is 19.1 Å². The second-order valence-electron chi connectivity index (χ2n) is 5.02. The highest BCUT2D eigenvalue weighted by atomic mass is 35.5. The van der Waals surface area contributed by atoms with Crippen LogP contribution < -0.4 is 5.56 Å². The third kappa shape index (κ3) is 2.31. The van der Waals surface area contributed by atoms with Crippen LogP contribution in [0.1, 0.15) is 0 Å². The summed E-state index contributed by atoms with van der Waals surface area (Å²) in [6, 6.07) is 16.6. The Bertz CT molecular complexity index is 1040. The number of nitrogens with zero attached hydrogens (tertiary/aromatic N) is 4. The summed E-state index contributed by atoms with van der Waals surface area (Å²) in [6.07, 6.45) is 3.09. The van der Waals surface area contributed by atoms with Crippen molar-refractivity contribution in [2.45, 2.75) is 0 Å². The van der Waals surface area contributed by atoms with Gasteiger partial charge < -0.3 is 0 Å². The zero-order valence-corrected chi connectivity index (χ0v) is 12.7. The summed E-state index contributed by atoms with van der Waals surface area (Å²) < 4.78 is 3.23. The van der Waals surface area contributed by atoms with Crippen molar-refractivity contribution in [3.63, 3.8) is 0 Å². The summed E-state index contributed by atoms with van der Waals surface area (Å²) in [5.41, 5.74) is 2.24. The maximum Gasteiger partial charge on any atom is 0.284 e. The SMILES string of the molecule is O=c1c2c(ncn1-c1ccc(Cl)cc1)ncn2-c1ccccc1. The van der Waals surface area contributed by atoms with Gasteiger partial charge in [0.05, 0.1) is 5.69 Å². The Kier molecular flexibility index (Phi) is 3.20. The lowest BCUT2D eigenvalue weighted by Crippen LogP contribution is -2.20. The number of rotatable bonds is 2. The molecule has 0 aliphatic heterocycles. The van der Waals surface area contributed by atoms with Crippen molar-refractivity contribution in [2.75, 3.05) is 0 Å². The van der Waals surface area contributed by atoms with Crippen LogP contribution in [-0.2, 0) is 0 Å². The second kappa shape index (κ2) is 5.37. The number of imidazole rings is 1. The minimum Gasteiger partial charge on any atom is -0.293 e. The molecule has 0 aliphatic carbocycles. The first kappa shape index (κ1) is 13.7. The summed E-state index contributed by atoms with van der Waals surface area (Å²) in [5, 5.41) is 0.616. The Balaban J connectivity index is 1.98. The van der Waals surface area contributed by atoms with E-state index in [1.807, 2.05) is 30.3 Å². The van der Waals surface area contributed by atoms with Gasteiger partial charge in [-0.15, -0.1) is 0 Å².